The van der Waals surface area contributed by atoms with E-state index >= 15 is 0 Å². The third-order valence-electron chi connectivity index (χ3n) is 5.17. The number of hydrogen-bond acceptors (Lipinski definition) is 6. The van der Waals surface area contributed by atoms with Crippen LogP contribution in [0.2, 0.25) is 0 Å². The standard InChI is InChI=1S/C22H23N3O3S/c1-13(2)28-17-11-25(12-17)22-24-18-10-16(4-6-20(18)29-22)23-21(26)15-3-5-19-14(9-15)7-8-27-19/h3-6,9-10,13,17H,7-8,11-12H2,1-2H3,(H,23,26). The van der Waals surface area contributed by atoms with E-state index in [-0.39, 0.29) is 18.1 Å². The Bertz CT molecular complexity index is 1070. The third-order valence-corrected chi connectivity index (χ3v) is 6.27. The van der Waals surface area contributed by atoms with Gasteiger partial charge in [-0.3, -0.25) is 4.79 Å². The van der Waals surface area contributed by atoms with Crippen molar-refractivity contribution in [3.8, 4) is 5.75 Å². The lowest BCUT2D eigenvalue weighted by Gasteiger charge is -2.39. The van der Waals surface area contributed by atoms with Crippen molar-refractivity contribution < 1.29 is 14.3 Å². The minimum Gasteiger partial charge on any atom is -0.493 e. The molecule has 1 amide bonds. The quantitative estimate of drug-likeness (QED) is 0.687. The van der Waals surface area contributed by atoms with Gasteiger partial charge in [-0.15, -0.1) is 0 Å². The summed E-state index contributed by atoms with van der Waals surface area (Å²) in [4.78, 5) is 19.6. The van der Waals surface area contributed by atoms with E-state index in [1.165, 1.54) is 0 Å². The molecule has 0 atom stereocenters. The molecule has 1 saturated heterocycles. The van der Waals surface area contributed by atoms with Crippen molar-refractivity contribution in [2.24, 2.45) is 0 Å². The highest BCUT2D eigenvalue weighted by Gasteiger charge is 2.30. The topological polar surface area (TPSA) is 63.7 Å². The van der Waals surface area contributed by atoms with Crippen LogP contribution in [0.4, 0.5) is 10.8 Å². The molecule has 3 heterocycles. The third kappa shape index (κ3) is 3.68. The van der Waals surface area contributed by atoms with Gasteiger partial charge in [0.2, 0.25) is 0 Å². The zero-order chi connectivity index (χ0) is 20.0. The van der Waals surface area contributed by atoms with E-state index in [2.05, 4.69) is 24.1 Å². The lowest BCUT2D eigenvalue weighted by Crippen LogP contribution is -2.53. The molecule has 7 heteroatoms. The van der Waals surface area contributed by atoms with Gasteiger partial charge in [-0.2, -0.15) is 0 Å². The number of nitrogens with zero attached hydrogens (tertiary/aromatic N) is 2. The van der Waals surface area contributed by atoms with Crippen LogP contribution in [0.25, 0.3) is 10.2 Å². The Balaban J connectivity index is 1.28. The fourth-order valence-corrected chi connectivity index (χ4v) is 4.69. The van der Waals surface area contributed by atoms with Crippen LogP contribution in [0.5, 0.6) is 5.75 Å². The molecule has 0 unspecified atom stereocenters. The Morgan fingerprint density at radius 3 is 2.97 bits per heavy atom. The Kier molecular flexibility index (Phi) is 4.64. The van der Waals surface area contributed by atoms with Crippen molar-refractivity contribution in [1.82, 2.24) is 4.98 Å². The number of anilines is 2. The summed E-state index contributed by atoms with van der Waals surface area (Å²) in [6.07, 6.45) is 1.39. The van der Waals surface area contributed by atoms with Gasteiger partial charge in [-0.25, -0.2) is 4.98 Å². The van der Waals surface area contributed by atoms with Gasteiger partial charge in [0.15, 0.2) is 5.13 Å². The summed E-state index contributed by atoms with van der Waals surface area (Å²) in [5, 5.41) is 3.99. The van der Waals surface area contributed by atoms with E-state index in [9.17, 15) is 4.79 Å². The van der Waals surface area contributed by atoms with Gasteiger partial charge < -0.3 is 19.7 Å². The Labute approximate surface area is 173 Å². The van der Waals surface area contributed by atoms with Crippen LogP contribution in [0.1, 0.15) is 29.8 Å². The number of benzene rings is 2. The molecule has 29 heavy (non-hydrogen) atoms. The predicted molar refractivity (Wildman–Crippen MR) is 115 cm³/mol. The summed E-state index contributed by atoms with van der Waals surface area (Å²) >= 11 is 1.67. The van der Waals surface area contributed by atoms with Crippen molar-refractivity contribution in [3.05, 3.63) is 47.5 Å². The summed E-state index contributed by atoms with van der Waals surface area (Å²) in [6, 6.07) is 11.5. The number of thiazole rings is 1. The number of aromatic nitrogens is 1. The molecule has 1 fully saturated rings. The van der Waals surface area contributed by atoms with Gasteiger partial charge in [-0.05, 0) is 55.8 Å². The van der Waals surface area contributed by atoms with Gasteiger partial charge in [0.1, 0.15) is 5.75 Å². The predicted octanol–water partition coefficient (Wildman–Crippen LogP) is 4.10. The fraction of sp³-hybridized carbons (Fsp3) is 0.364. The van der Waals surface area contributed by atoms with Crippen molar-refractivity contribution in [2.75, 3.05) is 29.9 Å². The largest absolute Gasteiger partial charge is 0.493 e. The average molecular weight is 410 g/mol. The van der Waals surface area contributed by atoms with Crippen LogP contribution >= 0.6 is 11.3 Å². The minimum absolute atomic E-state index is 0.120. The van der Waals surface area contributed by atoms with Gasteiger partial charge in [0, 0.05) is 30.8 Å². The van der Waals surface area contributed by atoms with Crippen molar-refractivity contribution in [3.63, 3.8) is 0 Å². The monoisotopic (exact) mass is 409 g/mol. The Hall–Kier alpha value is -2.64. The highest BCUT2D eigenvalue weighted by Crippen LogP contribution is 2.33. The first-order valence-electron chi connectivity index (χ1n) is 9.93. The molecule has 2 aliphatic rings. The fourth-order valence-electron chi connectivity index (χ4n) is 3.72. The number of rotatable bonds is 5. The maximum absolute atomic E-state index is 12.7. The van der Waals surface area contributed by atoms with Gasteiger partial charge in [0.25, 0.3) is 5.91 Å². The Morgan fingerprint density at radius 1 is 1.28 bits per heavy atom. The maximum atomic E-state index is 12.7. The van der Waals surface area contributed by atoms with Crippen LogP contribution in [0.15, 0.2) is 36.4 Å². The molecule has 0 saturated carbocycles. The highest BCUT2D eigenvalue weighted by atomic mass is 32.1. The molecule has 2 aromatic carbocycles. The lowest BCUT2D eigenvalue weighted by atomic mass is 10.1. The summed E-state index contributed by atoms with van der Waals surface area (Å²) in [5.74, 6) is 0.760. The van der Waals surface area contributed by atoms with E-state index in [1.54, 1.807) is 17.4 Å². The summed E-state index contributed by atoms with van der Waals surface area (Å²) in [7, 11) is 0. The second-order valence-corrected chi connectivity index (χ2v) is 8.77. The molecule has 2 aliphatic heterocycles. The number of nitrogens with one attached hydrogen (secondary N) is 1. The minimum atomic E-state index is -0.120. The lowest BCUT2D eigenvalue weighted by molar-refractivity contribution is -0.00719. The number of carbonyl (C=O) groups excluding carboxylic acids is 1. The molecule has 0 aliphatic carbocycles. The molecule has 1 N–H and O–H groups in total. The molecule has 5 rings (SSSR count). The second kappa shape index (κ2) is 7.31. The van der Waals surface area contributed by atoms with Crippen molar-refractivity contribution in [1.29, 1.82) is 0 Å². The molecule has 6 nitrogen and oxygen atoms in total. The SMILES string of the molecule is CC(C)OC1CN(c2nc3cc(NC(=O)c4ccc5c(c4)CCO5)ccc3s2)C1. The molecule has 3 aromatic rings. The average Bonchev–Trinajstić information content (AvgIpc) is 3.29. The number of ether oxygens (including phenoxy) is 2. The molecule has 1 aromatic heterocycles. The Morgan fingerprint density at radius 2 is 2.14 bits per heavy atom. The second-order valence-electron chi connectivity index (χ2n) is 7.77. The summed E-state index contributed by atoms with van der Waals surface area (Å²) in [5.41, 5.74) is 3.38. The number of carbonyl (C=O) groups is 1. The summed E-state index contributed by atoms with van der Waals surface area (Å²) < 4.78 is 12.4. The number of hydrogen-bond donors (Lipinski definition) is 1. The van der Waals surface area contributed by atoms with Crippen molar-refractivity contribution in [2.45, 2.75) is 32.5 Å². The van der Waals surface area contributed by atoms with Gasteiger partial charge >= 0.3 is 0 Å². The van der Waals surface area contributed by atoms with Crippen LogP contribution in [-0.4, -0.2) is 42.8 Å². The molecule has 0 bridgehead atoms. The van der Waals surface area contributed by atoms with Crippen LogP contribution in [-0.2, 0) is 11.2 Å². The smallest absolute Gasteiger partial charge is 0.255 e. The first-order valence-corrected chi connectivity index (χ1v) is 10.7. The molecule has 0 radical (unpaired) electrons. The first-order chi connectivity index (χ1) is 14.0. The maximum Gasteiger partial charge on any atom is 0.255 e. The van der Waals surface area contributed by atoms with E-state index in [1.807, 2.05) is 30.3 Å². The van der Waals surface area contributed by atoms with Crippen LogP contribution < -0.4 is 15.0 Å². The zero-order valence-electron chi connectivity index (χ0n) is 16.5. The number of fused-ring (bicyclic) bond motifs is 2. The molecule has 150 valence electrons. The normalized spacial score (nSPS) is 16.0. The zero-order valence-corrected chi connectivity index (χ0v) is 17.3. The summed E-state index contributed by atoms with van der Waals surface area (Å²) in [6.45, 7) is 6.57. The highest BCUT2D eigenvalue weighted by molar-refractivity contribution is 7.22. The van der Waals surface area contributed by atoms with Gasteiger partial charge in [-0.1, -0.05) is 11.3 Å². The van der Waals surface area contributed by atoms with Gasteiger partial charge in [0.05, 0.1) is 29.0 Å². The number of amides is 1. The van der Waals surface area contributed by atoms with E-state index < -0.39 is 0 Å². The molecular formula is C22H23N3O3S. The van der Waals surface area contributed by atoms with E-state index in [4.69, 9.17) is 14.5 Å². The van der Waals surface area contributed by atoms with Crippen molar-refractivity contribution >= 4 is 38.3 Å². The van der Waals surface area contributed by atoms with E-state index in [0.29, 0.717) is 12.2 Å². The molecule has 0 spiro atoms. The van der Waals surface area contributed by atoms with Crippen LogP contribution in [0.3, 0.4) is 0 Å². The molecular weight excluding hydrogens is 386 g/mol. The van der Waals surface area contributed by atoms with Crippen LogP contribution in [0, 0.1) is 0 Å². The van der Waals surface area contributed by atoms with E-state index in [0.717, 1.165) is 51.9 Å². The first kappa shape index (κ1) is 18.4.